The van der Waals surface area contributed by atoms with Gasteiger partial charge in [0.05, 0.1) is 6.42 Å². The predicted molar refractivity (Wildman–Crippen MR) is 96.0 cm³/mol. The van der Waals surface area contributed by atoms with Gasteiger partial charge in [0.2, 0.25) is 5.91 Å². The van der Waals surface area contributed by atoms with Crippen LogP contribution in [0.15, 0.2) is 54.6 Å². The van der Waals surface area contributed by atoms with Crippen LogP contribution in [-0.2, 0) is 16.0 Å². The number of amides is 1. The predicted octanol–water partition coefficient (Wildman–Crippen LogP) is 2.97. The number of aliphatic carboxylic acids is 1. The number of carbonyl (C=O) groups excluding carboxylic acids is 1. The fourth-order valence-electron chi connectivity index (χ4n) is 2.83. The van der Waals surface area contributed by atoms with E-state index in [2.05, 4.69) is 5.32 Å². The van der Waals surface area contributed by atoms with Crippen molar-refractivity contribution < 1.29 is 14.7 Å². The summed E-state index contributed by atoms with van der Waals surface area (Å²) in [6.45, 7) is 0. The van der Waals surface area contributed by atoms with Gasteiger partial charge in [-0.3, -0.25) is 4.79 Å². The molecule has 1 fully saturated rings. The van der Waals surface area contributed by atoms with Crippen LogP contribution in [0.3, 0.4) is 0 Å². The van der Waals surface area contributed by atoms with Crippen molar-refractivity contribution in [1.82, 2.24) is 5.32 Å². The van der Waals surface area contributed by atoms with Crippen LogP contribution >= 0.6 is 11.8 Å². The lowest BCUT2D eigenvalue weighted by atomic mass is 9.98. The molecule has 0 spiro atoms. The molecule has 5 heteroatoms. The Morgan fingerprint density at radius 1 is 1.04 bits per heavy atom. The van der Waals surface area contributed by atoms with Crippen LogP contribution in [0.1, 0.15) is 12.0 Å². The molecule has 124 valence electrons. The van der Waals surface area contributed by atoms with E-state index in [0.717, 1.165) is 22.4 Å². The van der Waals surface area contributed by atoms with Crippen molar-refractivity contribution in [3.8, 4) is 11.1 Å². The van der Waals surface area contributed by atoms with Gasteiger partial charge < -0.3 is 10.4 Å². The molecule has 1 heterocycles. The summed E-state index contributed by atoms with van der Waals surface area (Å²) in [5.74, 6) is 0.00645. The zero-order valence-electron chi connectivity index (χ0n) is 13.2. The Bertz CT molecular complexity index is 722. The van der Waals surface area contributed by atoms with Crippen molar-refractivity contribution in [3.05, 3.63) is 60.2 Å². The zero-order chi connectivity index (χ0) is 17.0. The van der Waals surface area contributed by atoms with E-state index in [1.807, 2.05) is 54.6 Å². The number of hydrogen-bond acceptors (Lipinski definition) is 3. The second kappa shape index (κ2) is 7.09. The molecule has 2 N–H and O–H groups in total. The van der Waals surface area contributed by atoms with Gasteiger partial charge in [-0.25, -0.2) is 4.79 Å². The number of rotatable bonds is 5. The van der Waals surface area contributed by atoms with Crippen molar-refractivity contribution in [2.75, 3.05) is 11.5 Å². The largest absolute Gasteiger partial charge is 0.479 e. The van der Waals surface area contributed by atoms with Crippen molar-refractivity contribution in [2.45, 2.75) is 18.4 Å². The molecule has 1 amide bonds. The van der Waals surface area contributed by atoms with E-state index in [9.17, 15) is 14.7 Å². The first-order valence-electron chi connectivity index (χ1n) is 7.86. The monoisotopic (exact) mass is 341 g/mol. The number of carboxylic acid groups (broad SMARTS) is 1. The SMILES string of the molecule is O=C(Cc1ccc(-c2ccccc2)cc1)NC1(C(=O)O)CCSC1. The summed E-state index contributed by atoms with van der Waals surface area (Å²) in [5.41, 5.74) is 1.99. The summed E-state index contributed by atoms with van der Waals surface area (Å²) < 4.78 is 0. The van der Waals surface area contributed by atoms with Gasteiger partial charge >= 0.3 is 5.97 Å². The van der Waals surface area contributed by atoms with Crippen molar-refractivity contribution in [3.63, 3.8) is 0 Å². The molecular formula is C19H19NO3S. The molecule has 4 nitrogen and oxygen atoms in total. The Kier molecular flexibility index (Phi) is 4.90. The zero-order valence-corrected chi connectivity index (χ0v) is 14.0. The molecule has 1 saturated heterocycles. The summed E-state index contributed by atoms with van der Waals surface area (Å²) >= 11 is 1.56. The minimum absolute atomic E-state index is 0.189. The highest BCUT2D eigenvalue weighted by Gasteiger charge is 2.43. The summed E-state index contributed by atoms with van der Waals surface area (Å²) in [4.78, 5) is 23.7. The number of carbonyl (C=O) groups is 2. The number of nitrogens with one attached hydrogen (secondary N) is 1. The first kappa shape index (κ1) is 16.6. The number of benzene rings is 2. The number of hydrogen-bond donors (Lipinski definition) is 2. The summed E-state index contributed by atoms with van der Waals surface area (Å²) in [6.07, 6.45) is 0.667. The van der Waals surface area contributed by atoms with Gasteiger partial charge in [-0.1, -0.05) is 54.6 Å². The molecule has 3 rings (SSSR count). The molecule has 0 aliphatic carbocycles. The molecule has 24 heavy (non-hydrogen) atoms. The Labute approximate surface area is 145 Å². The molecule has 0 aromatic heterocycles. The fourth-order valence-corrected chi connectivity index (χ4v) is 4.15. The third kappa shape index (κ3) is 3.62. The third-order valence-corrected chi connectivity index (χ3v) is 5.43. The quantitative estimate of drug-likeness (QED) is 0.877. The molecule has 1 unspecified atom stereocenters. The lowest BCUT2D eigenvalue weighted by molar-refractivity contribution is -0.146. The Morgan fingerprint density at radius 3 is 2.29 bits per heavy atom. The minimum atomic E-state index is -1.11. The smallest absolute Gasteiger partial charge is 0.330 e. The van der Waals surface area contributed by atoms with Crippen LogP contribution in [0.4, 0.5) is 0 Å². The molecule has 0 bridgehead atoms. The highest BCUT2D eigenvalue weighted by molar-refractivity contribution is 7.99. The topological polar surface area (TPSA) is 66.4 Å². The van der Waals surface area contributed by atoms with Gasteiger partial charge in [0, 0.05) is 5.75 Å². The summed E-state index contributed by atoms with van der Waals surface area (Å²) in [5, 5.41) is 12.1. The standard InChI is InChI=1S/C19H19NO3S/c21-17(20-19(18(22)23)10-11-24-13-19)12-14-6-8-16(9-7-14)15-4-2-1-3-5-15/h1-9H,10-13H2,(H,20,21)(H,22,23). The van der Waals surface area contributed by atoms with Gasteiger partial charge in [0.25, 0.3) is 0 Å². The van der Waals surface area contributed by atoms with Crippen molar-refractivity contribution in [2.24, 2.45) is 0 Å². The lowest BCUT2D eigenvalue weighted by Crippen LogP contribution is -2.55. The molecule has 1 aliphatic rings. The van der Waals surface area contributed by atoms with Crippen molar-refractivity contribution >= 4 is 23.6 Å². The molecule has 2 aromatic carbocycles. The van der Waals surface area contributed by atoms with Crippen LogP contribution in [0.2, 0.25) is 0 Å². The molecule has 2 aromatic rings. The second-order valence-electron chi connectivity index (χ2n) is 5.98. The maximum atomic E-state index is 12.2. The van der Waals surface area contributed by atoms with E-state index in [0.29, 0.717) is 12.2 Å². The van der Waals surface area contributed by atoms with Gasteiger partial charge in [0.15, 0.2) is 0 Å². The molecule has 0 saturated carbocycles. The first-order chi connectivity index (χ1) is 11.6. The van der Waals surface area contributed by atoms with E-state index in [-0.39, 0.29) is 12.3 Å². The van der Waals surface area contributed by atoms with Gasteiger partial charge in [-0.2, -0.15) is 11.8 Å². The van der Waals surface area contributed by atoms with Gasteiger partial charge in [0.1, 0.15) is 5.54 Å². The molecular weight excluding hydrogens is 322 g/mol. The van der Waals surface area contributed by atoms with Gasteiger partial charge in [-0.05, 0) is 28.9 Å². The maximum absolute atomic E-state index is 12.2. The lowest BCUT2D eigenvalue weighted by Gasteiger charge is -2.24. The van der Waals surface area contributed by atoms with E-state index in [1.54, 1.807) is 11.8 Å². The number of thioether (sulfide) groups is 1. The third-order valence-electron chi connectivity index (χ3n) is 4.24. The van der Waals surface area contributed by atoms with E-state index in [1.165, 1.54) is 0 Å². The minimum Gasteiger partial charge on any atom is -0.479 e. The summed E-state index contributed by atoms with van der Waals surface area (Å²) in [7, 11) is 0. The van der Waals surface area contributed by atoms with Crippen LogP contribution in [0.25, 0.3) is 11.1 Å². The van der Waals surface area contributed by atoms with E-state index < -0.39 is 11.5 Å². The van der Waals surface area contributed by atoms with Gasteiger partial charge in [-0.15, -0.1) is 0 Å². The Hall–Kier alpha value is -2.27. The molecule has 1 atom stereocenters. The van der Waals surface area contributed by atoms with Crippen LogP contribution < -0.4 is 5.32 Å². The average Bonchev–Trinajstić information content (AvgIpc) is 3.06. The average molecular weight is 341 g/mol. The fraction of sp³-hybridized carbons (Fsp3) is 0.263. The normalized spacial score (nSPS) is 19.8. The van der Waals surface area contributed by atoms with E-state index in [4.69, 9.17) is 0 Å². The Morgan fingerprint density at radius 2 is 1.71 bits per heavy atom. The van der Waals surface area contributed by atoms with Crippen LogP contribution in [-0.4, -0.2) is 34.0 Å². The summed E-state index contributed by atoms with van der Waals surface area (Å²) in [6, 6.07) is 17.8. The molecule has 1 aliphatic heterocycles. The molecule has 0 radical (unpaired) electrons. The highest BCUT2D eigenvalue weighted by atomic mass is 32.2. The first-order valence-corrected chi connectivity index (χ1v) is 9.01. The second-order valence-corrected chi connectivity index (χ2v) is 7.08. The highest BCUT2D eigenvalue weighted by Crippen LogP contribution is 2.28. The maximum Gasteiger partial charge on any atom is 0.330 e. The van der Waals surface area contributed by atoms with Crippen LogP contribution in [0.5, 0.6) is 0 Å². The van der Waals surface area contributed by atoms with E-state index >= 15 is 0 Å². The van der Waals surface area contributed by atoms with Crippen molar-refractivity contribution in [1.29, 1.82) is 0 Å². The van der Waals surface area contributed by atoms with Crippen LogP contribution in [0, 0.1) is 0 Å². The Balaban J connectivity index is 1.65. The number of carboxylic acids is 1.